The molecular weight excluding hydrogens is 432 g/mol. The highest BCUT2D eigenvalue weighted by Crippen LogP contribution is 2.29. The number of carbonyl (C=O) groups excluding carboxylic acids is 3. The predicted octanol–water partition coefficient (Wildman–Crippen LogP) is 2.48. The highest BCUT2D eigenvalue weighted by molar-refractivity contribution is 8.00. The van der Waals surface area contributed by atoms with Crippen LogP contribution >= 0.6 is 11.8 Å². The number of primary amides is 1. The quantitative estimate of drug-likeness (QED) is 0.332. The van der Waals surface area contributed by atoms with Crippen molar-refractivity contribution >= 4 is 40.6 Å². The molecule has 0 radical (unpaired) electrons. The van der Waals surface area contributed by atoms with E-state index >= 15 is 0 Å². The summed E-state index contributed by atoms with van der Waals surface area (Å²) in [7, 11) is 1.26. The van der Waals surface area contributed by atoms with Gasteiger partial charge in [-0.15, -0.1) is 0 Å². The molecule has 0 fully saturated rings. The van der Waals surface area contributed by atoms with Crippen LogP contribution in [0.3, 0.4) is 0 Å². The highest BCUT2D eigenvalue weighted by atomic mass is 32.2. The van der Waals surface area contributed by atoms with Crippen LogP contribution in [0.5, 0.6) is 0 Å². The molecule has 9 nitrogen and oxygen atoms in total. The zero-order valence-electron chi connectivity index (χ0n) is 17.7. The number of aromatic nitrogens is 2. The second-order valence-corrected chi connectivity index (χ2v) is 8.34. The van der Waals surface area contributed by atoms with E-state index in [9.17, 15) is 19.2 Å². The lowest BCUT2D eigenvalue weighted by Crippen LogP contribution is -2.42. The van der Waals surface area contributed by atoms with Crippen LogP contribution in [0.4, 0.5) is 4.79 Å². The van der Waals surface area contributed by atoms with Gasteiger partial charge in [0.25, 0.3) is 5.56 Å². The number of hydrogen-bond acceptors (Lipinski definition) is 7. The van der Waals surface area contributed by atoms with Crippen molar-refractivity contribution in [2.45, 2.75) is 24.3 Å². The number of ether oxygens (including phenoxy) is 1. The van der Waals surface area contributed by atoms with Crippen molar-refractivity contribution in [2.24, 2.45) is 11.7 Å². The molecule has 0 aliphatic carbocycles. The second kappa shape index (κ2) is 9.65. The molecule has 3 amide bonds. The van der Waals surface area contributed by atoms with Crippen LogP contribution in [0.25, 0.3) is 16.6 Å². The Balaban J connectivity index is 2.23. The van der Waals surface area contributed by atoms with Crippen LogP contribution in [0.15, 0.2) is 58.5 Å². The minimum absolute atomic E-state index is 0.211. The number of carbonyl (C=O) groups is 3. The number of methoxy groups -OCH3 is 1. The Morgan fingerprint density at radius 1 is 1.12 bits per heavy atom. The molecule has 32 heavy (non-hydrogen) atoms. The van der Waals surface area contributed by atoms with Crippen molar-refractivity contribution in [1.82, 2.24) is 14.9 Å². The Morgan fingerprint density at radius 3 is 2.41 bits per heavy atom. The third-order valence-electron chi connectivity index (χ3n) is 4.62. The topological polar surface area (TPSA) is 133 Å². The van der Waals surface area contributed by atoms with Gasteiger partial charge in [-0.2, -0.15) is 0 Å². The molecule has 3 N–H and O–H groups in total. The fourth-order valence-electron chi connectivity index (χ4n) is 3.09. The maximum atomic E-state index is 13.4. The zero-order valence-corrected chi connectivity index (χ0v) is 18.5. The summed E-state index contributed by atoms with van der Waals surface area (Å²) in [6, 6.07) is 12.4. The summed E-state index contributed by atoms with van der Waals surface area (Å²) in [5.41, 5.74) is 5.83. The van der Waals surface area contributed by atoms with Crippen LogP contribution in [0.1, 0.15) is 24.2 Å². The lowest BCUT2D eigenvalue weighted by molar-refractivity contribution is -0.120. The van der Waals surface area contributed by atoms with E-state index in [0.29, 0.717) is 11.1 Å². The highest BCUT2D eigenvalue weighted by Gasteiger charge is 2.27. The molecule has 1 unspecified atom stereocenters. The molecule has 2 aromatic carbocycles. The fraction of sp³-hybridized carbons (Fsp3) is 0.227. The first-order valence-electron chi connectivity index (χ1n) is 9.70. The molecule has 0 saturated carbocycles. The lowest BCUT2D eigenvalue weighted by atomic mass is 10.1. The van der Waals surface area contributed by atoms with E-state index in [1.165, 1.54) is 29.9 Å². The van der Waals surface area contributed by atoms with Gasteiger partial charge < -0.3 is 10.5 Å². The van der Waals surface area contributed by atoms with E-state index in [-0.39, 0.29) is 27.7 Å². The first-order chi connectivity index (χ1) is 15.2. The van der Waals surface area contributed by atoms with Gasteiger partial charge in [0.1, 0.15) is 0 Å². The Bertz CT molecular complexity index is 1240. The van der Waals surface area contributed by atoms with Crippen LogP contribution in [-0.2, 0) is 9.53 Å². The molecule has 166 valence electrons. The normalized spacial score (nSPS) is 11.9. The Hall–Kier alpha value is -3.66. The minimum Gasteiger partial charge on any atom is -0.465 e. The van der Waals surface area contributed by atoms with Crippen molar-refractivity contribution in [3.63, 3.8) is 0 Å². The van der Waals surface area contributed by atoms with Crippen molar-refractivity contribution in [3.8, 4) is 5.69 Å². The number of amides is 3. The SMILES string of the molecule is COC(=O)c1ccc2c(=O)n(-c3ccccc3)c(SC(C(=O)NC(N)=O)C(C)C)nc2c1. The number of nitrogens with one attached hydrogen (secondary N) is 1. The van der Waals surface area contributed by atoms with Gasteiger partial charge in [0.05, 0.1) is 34.5 Å². The third kappa shape index (κ3) is 4.80. The summed E-state index contributed by atoms with van der Waals surface area (Å²) in [4.78, 5) is 53.7. The lowest BCUT2D eigenvalue weighted by Gasteiger charge is -2.21. The number of rotatable bonds is 6. The van der Waals surface area contributed by atoms with E-state index in [1.807, 2.05) is 6.07 Å². The first-order valence-corrected chi connectivity index (χ1v) is 10.6. The Kier molecular flexibility index (Phi) is 6.94. The molecule has 0 aliphatic rings. The number of fused-ring (bicyclic) bond motifs is 1. The van der Waals surface area contributed by atoms with Crippen molar-refractivity contribution in [1.29, 1.82) is 0 Å². The molecular formula is C22H22N4O5S. The van der Waals surface area contributed by atoms with Gasteiger partial charge in [-0.05, 0) is 36.2 Å². The number of nitrogens with two attached hydrogens (primary N) is 1. The number of nitrogens with zero attached hydrogens (tertiary/aromatic N) is 2. The van der Waals surface area contributed by atoms with Crippen LogP contribution in [0, 0.1) is 5.92 Å². The molecule has 3 aromatic rings. The molecule has 1 heterocycles. The molecule has 1 aromatic heterocycles. The third-order valence-corrected chi connectivity index (χ3v) is 6.11. The van der Waals surface area contributed by atoms with Gasteiger partial charge in [-0.25, -0.2) is 14.6 Å². The maximum absolute atomic E-state index is 13.4. The number of imide groups is 1. The Morgan fingerprint density at radius 2 is 1.81 bits per heavy atom. The molecule has 3 rings (SSSR count). The molecule has 10 heteroatoms. The smallest absolute Gasteiger partial charge is 0.337 e. The van der Waals surface area contributed by atoms with Crippen LogP contribution in [-0.4, -0.2) is 39.8 Å². The van der Waals surface area contributed by atoms with Crippen LogP contribution < -0.4 is 16.6 Å². The average Bonchev–Trinajstić information content (AvgIpc) is 2.76. The van der Waals surface area contributed by atoms with Crippen molar-refractivity contribution in [3.05, 3.63) is 64.4 Å². The van der Waals surface area contributed by atoms with Gasteiger partial charge >= 0.3 is 12.0 Å². The second-order valence-electron chi connectivity index (χ2n) is 7.23. The van der Waals surface area contributed by atoms with E-state index in [1.54, 1.807) is 38.1 Å². The monoisotopic (exact) mass is 454 g/mol. The zero-order chi connectivity index (χ0) is 23.4. The van der Waals surface area contributed by atoms with Crippen molar-refractivity contribution in [2.75, 3.05) is 7.11 Å². The van der Waals surface area contributed by atoms with E-state index in [2.05, 4.69) is 10.3 Å². The predicted molar refractivity (Wildman–Crippen MR) is 121 cm³/mol. The summed E-state index contributed by atoms with van der Waals surface area (Å²) in [6.45, 7) is 3.61. The standard InChI is InChI=1S/C22H22N4O5S/c1-12(2)17(18(27)25-21(23)30)32-22-24-16-11-13(20(29)31-3)9-10-15(16)19(28)26(22)14-7-5-4-6-8-14/h4-12,17H,1-3H3,(H3,23,25,27,30). The number of urea groups is 1. The first kappa shape index (κ1) is 23.0. The van der Waals surface area contributed by atoms with E-state index in [4.69, 9.17) is 10.5 Å². The van der Waals surface area contributed by atoms with Gasteiger partial charge in [0.2, 0.25) is 5.91 Å². The summed E-state index contributed by atoms with van der Waals surface area (Å²) < 4.78 is 6.15. The van der Waals surface area contributed by atoms with E-state index < -0.39 is 23.2 Å². The largest absolute Gasteiger partial charge is 0.465 e. The summed E-state index contributed by atoms with van der Waals surface area (Å²) in [5.74, 6) is -1.36. The van der Waals surface area contributed by atoms with Crippen molar-refractivity contribution < 1.29 is 19.1 Å². The number of hydrogen-bond donors (Lipinski definition) is 2. The Labute approximate surface area is 188 Å². The summed E-state index contributed by atoms with van der Waals surface area (Å²) >= 11 is 1.03. The summed E-state index contributed by atoms with van der Waals surface area (Å²) in [6.07, 6.45) is 0. The molecule has 0 bridgehead atoms. The average molecular weight is 455 g/mol. The molecule has 0 saturated heterocycles. The van der Waals surface area contributed by atoms with E-state index in [0.717, 1.165) is 11.8 Å². The van der Waals surface area contributed by atoms with Gasteiger partial charge in [-0.1, -0.05) is 43.8 Å². The molecule has 0 spiro atoms. The number of esters is 1. The van der Waals surface area contributed by atoms with Gasteiger partial charge in [0.15, 0.2) is 5.16 Å². The maximum Gasteiger partial charge on any atom is 0.337 e. The van der Waals surface area contributed by atoms with Crippen LogP contribution in [0.2, 0.25) is 0 Å². The van der Waals surface area contributed by atoms with Gasteiger partial charge in [0, 0.05) is 0 Å². The molecule has 0 aliphatic heterocycles. The number of para-hydroxylation sites is 1. The minimum atomic E-state index is -0.962. The van der Waals surface area contributed by atoms with Gasteiger partial charge in [-0.3, -0.25) is 19.5 Å². The fourth-order valence-corrected chi connectivity index (χ4v) is 4.20. The summed E-state index contributed by atoms with van der Waals surface area (Å²) in [5, 5.41) is 1.86. The number of thioether (sulfide) groups is 1. The number of benzene rings is 2. The molecule has 1 atom stereocenters.